The average Bonchev–Trinajstić information content (AvgIpc) is 3.35. The average molecular weight is 560 g/mol. The third-order valence-corrected chi connectivity index (χ3v) is 10.6. The van der Waals surface area contributed by atoms with Gasteiger partial charge in [-0.1, -0.05) is 33.3 Å². The molecule has 2 aromatic rings. The molecule has 2 aliphatic heterocycles. The molecule has 0 saturated carbocycles. The van der Waals surface area contributed by atoms with Gasteiger partial charge >= 0.3 is 0 Å². The summed E-state index contributed by atoms with van der Waals surface area (Å²) in [6.07, 6.45) is 7.58. The van der Waals surface area contributed by atoms with Crippen LogP contribution in [0.15, 0.2) is 34.7 Å². The summed E-state index contributed by atoms with van der Waals surface area (Å²) in [6.45, 7) is 18.3. The molecule has 2 aliphatic carbocycles. The van der Waals surface area contributed by atoms with Crippen molar-refractivity contribution in [1.29, 1.82) is 0 Å². The van der Waals surface area contributed by atoms with Crippen molar-refractivity contribution in [2.75, 3.05) is 31.1 Å². The fourth-order valence-corrected chi connectivity index (χ4v) is 8.12. The van der Waals surface area contributed by atoms with Crippen LogP contribution in [-0.2, 0) is 28.4 Å². The summed E-state index contributed by atoms with van der Waals surface area (Å²) < 4.78 is 33.9. The number of Topliss-reactive ketones (excluding diaryl/α,β-unsaturated/α-hetero) is 1. The van der Waals surface area contributed by atoms with Crippen molar-refractivity contribution < 1.29 is 17.8 Å². The zero-order valence-corrected chi connectivity index (χ0v) is 24.4. The molecule has 2 saturated heterocycles. The van der Waals surface area contributed by atoms with Crippen LogP contribution in [0.25, 0.3) is 10.4 Å². The number of rotatable bonds is 4. The molecule has 40 heavy (non-hydrogen) atoms. The first-order valence-electron chi connectivity index (χ1n) is 14.5. The minimum atomic E-state index is -4.61. The number of anilines is 1. The monoisotopic (exact) mass is 559 g/mol. The van der Waals surface area contributed by atoms with E-state index in [4.69, 9.17) is 6.57 Å². The zero-order chi connectivity index (χ0) is 28.4. The van der Waals surface area contributed by atoms with Crippen LogP contribution < -0.4 is 4.90 Å². The quantitative estimate of drug-likeness (QED) is 0.366. The fourth-order valence-electron chi connectivity index (χ4n) is 7.49. The Bertz CT molecular complexity index is 1580. The Balaban J connectivity index is 1.37. The Morgan fingerprint density at radius 3 is 2.35 bits per heavy atom. The summed E-state index contributed by atoms with van der Waals surface area (Å²) in [4.78, 5) is 22.2. The van der Waals surface area contributed by atoms with Crippen molar-refractivity contribution >= 4 is 32.8 Å². The lowest BCUT2D eigenvalue weighted by atomic mass is 9.68. The number of allylic oxidation sites excluding steroid dienone is 2. The molecule has 210 valence electrons. The molecule has 0 aromatic heterocycles. The van der Waals surface area contributed by atoms with E-state index in [-0.39, 0.29) is 11.5 Å². The number of likely N-dealkylation sites (tertiary alicyclic amines) is 1. The number of nitrogens with zero attached hydrogens (tertiary/aromatic N) is 3. The Kier molecular flexibility index (Phi) is 6.68. The Hall–Kier alpha value is -2.99. The highest BCUT2D eigenvalue weighted by atomic mass is 32.2. The normalized spacial score (nSPS) is 21.2. The number of fused-ring (bicyclic) bond motifs is 3. The Labute approximate surface area is 237 Å². The second-order valence-electron chi connectivity index (χ2n) is 12.2. The standard InChI is InChI=1S/C32H37N3O4S/c1-5-20-15-24-25(19-28(20)35-13-9-22(10-14-35)34-11-7-6-8-12-34)32(2,3)26-16-21-17-27(33-4)29(40(37,38)39)18-23(21)30(26)31(24)36/h15,17-19,22H,5-14,16H2,1-3H3,(H,37,38,39). The van der Waals surface area contributed by atoms with E-state index >= 15 is 0 Å². The summed E-state index contributed by atoms with van der Waals surface area (Å²) >= 11 is 0. The van der Waals surface area contributed by atoms with E-state index in [2.05, 4.69) is 47.5 Å². The number of carbonyl (C=O) groups excluding carboxylic acids is 1. The van der Waals surface area contributed by atoms with E-state index in [1.165, 1.54) is 50.2 Å². The lowest BCUT2D eigenvalue weighted by Gasteiger charge is -2.42. The van der Waals surface area contributed by atoms with Crippen molar-refractivity contribution in [1.82, 2.24) is 4.90 Å². The van der Waals surface area contributed by atoms with Crippen molar-refractivity contribution in [3.8, 4) is 0 Å². The Morgan fingerprint density at radius 1 is 1.02 bits per heavy atom. The molecule has 0 amide bonds. The van der Waals surface area contributed by atoms with E-state index < -0.39 is 20.4 Å². The van der Waals surface area contributed by atoms with Gasteiger partial charge in [-0.3, -0.25) is 9.35 Å². The molecule has 0 bridgehead atoms. The smallest absolute Gasteiger partial charge is 0.284 e. The van der Waals surface area contributed by atoms with E-state index in [1.807, 2.05) is 0 Å². The number of ketones is 1. The van der Waals surface area contributed by atoms with Crippen molar-refractivity contribution in [3.63, 3.8) is 0 Å². The van der Waals surface area contributed by atoms with Gasteiger partial charge in [0.05, 0.1) is 6.57 Å². The van der Waals surface area contributed by atoms with Crippen LogP contribution in [0.1, 0.15) is 85.5 Å². The predicted molar refractivity (Wildman–Crippen MR) is 157 cm³/mol. The summed E-state index contributed by atoms with van der Waals surface area (Å²) in [5.41, 5.74) is 6.22. The first-order valence-corrected chi connectivity index (χ1v) is 16.0. The van der Waals surface area contributed by atoms with Gasteiger partial charge in [-0.2, -0.15) is 8.42 Å². The van der Waals surface area contributed by atoms with Crippen molar-refractivity contribution in [2.24, 2.45) is 0 Å². The second kappa shape index (κ2) is 9.83. The zero-order valence-electron chi connectivity index (χ0n) is 23.6. The van der Waals surface area contributed by atoms with E-state index in [0.717, 1.165) is 54.6 Å². The van der Waals surface area contributed by atoms with Crippen LogP contribution in [0.5, 0.6) is 0 Å². The van der Waals surface area contributed by atoms with E-state index in [0.29, 0.717) is 29.2 Å². The van der Waals surface area contributed by atoms with Crippen molar-refractivity contribution in [2.45, 2.75) is 82.1 Å². The third-order valence-electron chi connectivity index (χ3n) is 9.73. The minimum Gasteiger partial charge on any atom is -0.371 e. The molecule has 2 heterocycles. The largest absolute Gasteiger partial charge is 0.371 e. The topological polar surface area (TPSA) is 82.3 Å². The lowest BCUT2D eigenvalue weighted by molar-refractivity contribution is 0.105. The molecule has 0 spiro atoms. The van der Waals surface area contributed by atoms with Gasteiger partial charge < -0.3 is 9.80 Å². The summed E-state index contributed by atoms with van der Waals surface area (Å²) in [5, 5.41) is 0. The van der Waals surface area contributed by atoms with E-state index in [1.54, 1.807) is 0 Å². The van der Waals surface area contributed by atoms with Crippen LogP contribution >= 0.6 is 0 Å². The molecular weight excluding hydrogens is 522 g/mol. The SMILES string of the molecule is [C-]#[N+]c1cc2c(cc1S(=O)(=O)O)C1=C(C2)C(C)(C)c2cc(N3CCC(N4CCCCC4)CC3)c(CC)cc2C1=O. The highest BCUT2D eigenvalue weighted by Crippen LogP contribution is 2.52. The molecule has 2 aromatic carbocycles. The number of piperidine rings is 2. The maximum Gasteiger partial charge on any atom is 0.284 e. The predicted octanol–water partition coefficient (Wildman–Crippen LogP) is 5.98. The molecule has 0 radical (unpaired) electrons. The molecule has 7 nitrogen and oxygen atoms in total. The van der Waals surface area contributed by atoms with Gasteiger partial charge in [-0.25, -0.2) is 4.85 Å². The van der Waals surface area contributed by atoms with Crippen LogP contribution in [0.4, 0.5) is 11.4 Å². The maximum atomic E-state index is 14.1. The van der Waals surface area contributed by atoms with Crippen LogP contribution in [-0.4, -0.2) is 55.9 Å². The first-order chi connectivity index (χ1) is 19.0. The molecule has 2 fully saturated rings. The van der Waals surface area contributed by atoms with Gasteiger partial charge in [0.1, 0.15) is 4.90 Å². The maximum absolute atomic E-state index is 14.1. The van der Waals surface area contributed by atoms with Gasteiger partial charge in [0.25, 0.3) is 10.1 Å². The van der Waals surface area contributed by atoms with Gasteiger partial charge in [-0.15, -0.1) is 0 Å². The van der Waals surface area contributed by atoms with Gasteiger partial charge in [-0.05, 0) is 97.6 Å². The molecule has 0 atom stereocenters. The lowest BCUT2D eigenvalue weighted by Crippen LogP contribution is -2.47. The van der Waals surface area contributed by atoms with Gasteiger partial charge in [0.15, 0.2) is 5.78 Å². The summed E-state index contributed by atoms with van der Waals surface area (Å²) in [5.74, 6) is -0.106. The molecule has 8 heteroatoms. The number of hydrogen-bond donors (Lipinski definition) is 1. The number of carbonyl (C=O) groups is 1. The Morgan fingerprint density at radius 2 is 1.73 bits per heavy atom. The number of benzene rings is 2. The van der Waals surface area contributed by atoms with Crippen LogP contribution in [0.2, 0.25) is 0 Å². The first kappa shape index (κ1) is 27.2. The van der Waals surface area contributed by atoms with Gasteiger partial charge in [0.2, 0.25) is 5.69 Å². The fraction of sp³-hybridized carbons (Fsp3) is 0.500. The highest BCUT2D eigenvalue weighted by Gasteiger charge is 2.44. The number of hydrogen-bond acceptors (Lipinski definition) is 5. The minimum absolute atomic E-state index is 0.106. The van der Waals surface area contributed by atoms with Crippen molar-refractivity contribution in [3.05, 3.63) is 69.1 Å². The summed E-state index contributed by atoms with van der Waals surface area (Å²) in [6, 6.07) is 7.81. The molecule has 1 N–H and O–H groups in total. The van der Waals surface area contributed by atoms with Crippen LogP contribution in [0.3, 0.4) is 0 Å². The molecular formula is C32H37N3O4S. The van der Waals surface area contributed by atoms with Crippen LogP contribution in [0, 0.1) is 6.57 Å². The molecule has 4 aliphatic rings. The third kappa shape index (κ3) is 4.30. The molecule has 0 unspecified atom stereocenters. The second-order valence-corrected chi connectivity index (χ2v) is 13.6. The summed E-state index contributed by atoms with van der Waals surface area (Å²) in [7, 11) is -4.61. The highest BCUT2D eigenvalue weighted by molar-refractivity contribution is 7.86. The van der Waals surface area contributed by atoms with E-state index in [9.17, 15) is 17.8 Å². The molecule has 6 rings (SSSR count). The van der Waals surface area contributed by atoms with Gasteiger partial charge in [0, 0.05) is 41.4 Å². The number of aryl methyl sites for hydroxylation is 1.